The van der Waals surface area contributed by atoms with Gasteiger partial charge in [0.15, 0.2) is 11.6 Å². The van der Waals surface area contributed by atoms with E-state index in [1.54, 1.807) is 26.1 Å². The van der Waals surface area contributed by atoms with E-state index >= 15 is 0 Å². The van der Waals surface area contributed by atoms with Crippen molar-refractivity contribution in [2.75, 3.05) is 5.73 Å². The Bertz CT molecular complexity index is 963. The maximum absolute atomic E-state index is 14.0. The number of nitrogens with one attached hydrogen (secondary N) is 1. The van der Waals surface area contributed by atoms with Gasteiger partial charge < -0.3 is 20.0 Å². The van der Waals surface area contributed by atoms with Gasteiger partial charge in [-0.1, -0.05) is 0 Å². The summed E-state index contributed by atoms with van der Waals surface area (Å²) in [4.78, 5) is 19.1. The van der Waals surface area contributed by atoms with E-state index in [9.17, 15) is 13.6 Å². The molecule has 8 heteroatoms. The number of halogens is 2. The monoisotopic (exact) mass is 334 g/mol. The number of anilines is 1. The highest BCUT2D eigenvalue weighted by atomic mass is 19.2. The van der Waals surface area contributed by atoms with Gasteiger partial charge in [-0.25, -0.2) is 9.37 Å². The number of ether oxygens (including phenoxy) is 1. The van der Waals surface area contributed by atoms with Crippen LogP contribution in [-0.4, -0.2) is 20.6 Å². The molecule has 0 saturated carbocycles. The van der Waals surface area contributed by atoms with Gasteiger partial charge in [-0.3, -0.25) is 4.79 Å². The van der Waals surface area contributed by atoms with Gasteiger partial charge in [0, 0.05) is 12.3 Å². The van der Waals surface area contributed by atoms with Crippen molar-refractivity contribution in [1.82, 2.24) is 14.5 Å². The molecule has 0 atom stereocenters. The molecule has 2 aromatic heterocycles. The maximum atomic E-state index is 14.0. The molecule has 6 nitrogen and oxygen atoms in total. The van der Waals surface area contributed by atoms with Crippen LogP contribution in [-0.2, 0) is 6.54 Å². The lowest BCUT2D eigenvalue weighted by molar-refractivity contribution is 0.231. The smallest absolute Gasteiger partial charge is 0.274 e. The molecule has 3 aromatic rings. The zero-order valence-electron chi connectivity index (χ0n) is 13.1. The SMILES string of the molecule is CC(C)Oc1c(F)c(F)cc2[nH]c(Cn3cccc(N)c3=O)nc12. The van der Waals surface area contributed by atoms with Crippen molar-refractivity contribution in [3.63, 3.8) is 0 Å². The summed E-state index contributed by atoms with van der Waals surface area (Å²) in [7, 11) is 0. The third-order valence-corrected chi connectivity index (χ3v) is 3.40. The molecule has 3 rings (SSSR count). The minimum absolute atomic E-state index is 0.0862. The second kappa shape index (κ2) is 5.95. The number of H-pyrrole nitrogens is 1. The summed E-state index contributed by atoms with van der Waals surface area (Å²) in [6, 6.07) is 4.14. The molecule has 126 valence electrons. The quantitative estimate of drug-likeness (QED) is 0.767. The number of aromatic amines is 1. The third-order valence-electron chi connectivity index (χ3n) is 3.40. The highest BCUT2D eigenvalue weighted by molar-refractivity contribution is 5.82. The standard InChI is InChI=1S/C16H16F2N4O2/c1-8(2)24-15-13(18)9(17)6-11-14(15)21-12(20-11)7-22-5-3-4-10(19)16(22)23/h3-6,8H,7,19H2,1-2H3,(H,20,21). The topological polar surface area (TPSA) is 85.9 Å². The van der Waals surface area contributed by atoms with E-state index < -0.39 is 11.6 Å². The Kier molecular flexibility index (Phi) is 3.96. The first-order chi connectivity index (χ1) is 11.4. The Hall–Kier alpha value is -2.90. The Morgan fingerprint density at radius 1 is 1.42 bits per heavy atom. The molecule has 0 saturated heterocycles. The van der Waals surface area contributed by atoms with Crippen molar-refractivity contribution >= 4 is 16.7 Å². The number of fused-ring (bicyclic) bond motifs is 1. The Labute approximate surface area is 135 Å². The Balaban J connectivity index is 2.08. The predicted molar refractivity (Wildman–Crippen MR) is 86.0 cm³/mol. The van der Waals surface area contributed by atoms with Gasteiger partial charge in [-0.2, -0.15) is 4.39 Å². The average Bonchev–Trinajstić information content (AvgIpc) is 2.90. The molecular formula is C16H16F2N4O2. The zero-order valence-corrected chi connectivity index (χ0v) is 13.1. The van der Waals surface area contributed by atoms with Crippen molar-refractivity contribution in [1.29, 1.82) is 0 Å². The summed E-state index contributed by atoms with van der Waals surface area (Å²) in [5.74, 6) is -2.01. The molecule has 1 aromatic carbocycles. The fourth-order valence-electron chi connectivity index (χ4n) is 2.38. The van der Waals surface area contributed by atoms with Gasteiger partial charge in [-0.05, 0) is 26.0 Å². The van der Waals surface area contributed by atoms with E-state index in [0.29, 0.717) is 5.82 Å². The van der Waals surface area contributed by atoms with E-state index in [-0.39, 0.29) is 40.7 Å². The van der Waals surface area contributed by atoms with Gasteiger partial charge >= 0.3 is 0 Å². The largest absolute Gasteiger partial charge is 0.486 e. The lowest BCUT2D eigenvalue weighted by Crippen LogP contribution is -2.22. The lowest BCUT2D eigenvalue weighted by atomic mass is 10.2. The van der Waals surface area contributed by atoms with E-state index in [2.05, 4.69) is 9.97 Å². The van der Waals surface area contributed by atoms with Crippen molar-refractivity contribution in [3.8, 4) is 5.75 Å². The Morgan fingerprint density at radius 2 is 2.17 bits per heavy atom. The molecule has 0 radical (unpaired) electrons. The Morgan fingerprint density at radius 3 is 2.88 bits per heavy atom. The van der Waals surface area contributed by atoms with Crippen molar-refractivity contribution in [3.05, 3.63) is 52.2 Å². The molecule has 24 heavy (non-hydrogen) atoms. The molecule has 3 N–H and O–H groups in total. The average molecular weight is 334 g/mol. The minimum atomic E-state index is -1.09. The first kappa shape index (κ1) is 16.0. The van der Waals surface area contributed by atoms with E-state index in [0.717, 1.165) is 6.07 Å². The summed E-state index contributed by atoms with van der Waals surface area (Å²) in [5.41, 5.74) is 5.79. The molecule has 0 fully saturated rings. The molecule has 0 amide bonds. The van der Waals surface area contributed by atoms with Crippen LogP contribution in [0.4, 0.5) is 14.5 Å². The number of imidazole rings is 1. The number of nitrogen functional groups attached to an aromatic ring is 1. The molecular weight excluding hydrogens is 318 g/mol. The van der Waals surface area contributed by atoms with E-state index in [4.69, 9.17) is 10.5 Å². The van der Waals surface area contributed by atoms with Crippen LogP contribution in [0.3, 0.4) is 0 Å². The van der Waals surface area contributed by atoms with Crippen LogP contribution in [0.5, 0.6) is 5.75 Å². The van der Waals surface area contributed by atoms with Gasteiger partial charge in [0.1, 0.15) is 11.3 Å². The summed E-state index contributed by atoms with van der Waals surface area (Å²) in [6.07, 6.45) is 1.21. The highest BCUT2D eigenvalue weighted by Gasteiger charge is 2.19. The fraction of sp³-hybridized carbons (Fsp3) is 0.250. The van der Waals surface area contributed by atoms with Crippen LogP contribution >= 0.6 is 0 Å². The molecule has 2 heterocycles. The minimum Gasteiger partial charge on any atom is -0.486 e. The predicted octanol–water partition coefficient (Wildman–Crippen LogP) is 2.42. The molecule has 0 aliphatic carbocycles. The number of aromatic nitrogens is 3. The van der Waals surface area contributed by atoms with E-state index in [1.165, 1.54) is 10.6 Å². The summed E-state index contributed by atoms with van der Waals surface area (Å²) in [5, 5.41) is 0. The van der Waals surface area contributed by atoms with Gasteiger partial charge in [-0.15, -0.1) is 0 Å². The van der Waals surface area contributed by atoms with Gasteiger partial charge in [0.25, 0.3) is 5.56 Å². The number of hydrogen-bond acceptors (Lipinski definition) is 4. The molecule has 0 bridgehead atoms. The number of nitrogens with zero attached hydrogens (tertiary/aromatic N) is 2. The number of hydrogen-bond donors (Lipinski definition) is 2. The summed E-state index contributed by atoms with van der Waals surface area (Å²) >= 11 is 0. The number of benzene rings is 1. The first-order valence-electron chi connectivity index (χ1n) is 7.35. The molecule has 0 spiro atoms. The second-order valence-electron chi connectivity index (χ2n) is 5.64. The number of pyridine rings is 1. The number of rotatable bonds is 4. The lowest BCUT2D eigenvalue weighted by Gasteiger charge is -2.11. The molecule has 0 aliphatic heterocycles. The van der Waals surface area contributed by atoms with Crippen LogP contribution in [0.25, 0.3) is 11.0 Å². The highest BCUT2D eigenvalue weighted by Crippen LogP contribution is 2.30. The number of nitrogens with two attached hydrogens (primary N) is 1. The summed E-state index contributed by atoms with van der Waals surface area (Å²) < 4.78 is 34.5. The zero-order chi connectivity index (χ0) is 17.4. The van der Waals surface area contributed by atoms with Crippen LogP contribution in [0.1, 0.15) is 19.7 Å². The first-order valence-corrected chi connectivity index (χ1v) is 7.35. The van der Waals surface area contributed by atoms with E-state index in [1.807, 2.05) is 0 Å². The fourth-order valence-corrected chi connectivity index (χ4v) is 2.38. The molecule has 0 aliphatic rings. The van der Waals surface area contributed by atoms with Gasteiger partial charge in [0.05, 0.1) is 23.9 Å². The van der Waals surface area contributed by atoms with Crippen LogP contribution in [0.15, 0.2) is 29.2 Å². The van der Waals surface area contributed by atoms with Gasteiger partial charge in [0.2, 0.25) is 5.82 Å². The normalized spacial score (nSPS) is 11.4. The van der Waals surface area contributed by atoms with Crippen molar-refractivity contribution in [2.24, 2.45) is 0 Å². The van der Waals surface area contributed by atoms with Crippen LogP contribution in [0.2, 0.25) is 0 Å². The summed E-state index contributed by atoms with van der Waals surface area (Å²) in [6.45, 7) is 3.50. The maximum Gasteiger partial charge on any atom is 0.274 e. The third kappa shape index (κ3) is 2.82. The van der Waals surface area contributed by atoms with Crippen LogP contribution in [0, 0.1) is 11.6 Å². The van der Waals surface area contributed by atoms with Crippen LogP contribution < -0.4 is 16.0 Å². The van der Waals surface area contributed by atoms with Crippen molar-refractivity contribution < 1.29 is 13.5 Å². The molecule has 0 unspecified atom stereocenters. The van der Waals surface area contributed by atoms with Crippen molar-refractivity contribution in [2.45, 2.75) is 26.5 Å². The second-order valence-corrected chi connectivity index (χ2v) is 5.64.